The molecule has 6 heteroatoms. The molecule has 1 aromatic carbocycles. The summed E-state index contributed by atoms with van der Waals surface area (Å²) in [5.74, 6) is 0. The fraction of sp³-hybridized carbons (Fsp3) is 0.143. The van der Waals surface area contributed by atoms with Crippen LogP contribution < -0.4 is 16.4 Å². The zero-order valence-corrected chi connectivity index (χ0v) is 6.65. The van der Waals surface area contributed by atoms with Gasteiger partial charge in [-0.3, -0.25) is 15.8 Å². The molecular formula is C7H8N4O2. The fourth-order valence-electron chi connectivity index (χ4n) is 1.26. The first kappa shape index (κ1) is 7.81. The van der Waals surface area contributed by atoms with Gasteiger partial charge in [-0.25, -0.2) is 0 Å². The lowest BCUT2D eigenvalue weighted by atomic mass is 10.2. The average molecular weight is 180 g/mol. The van der Waals surface area contributed by atoms with Gasteiger partial charge in [0.25, 0.3) is 5.69 Å². The molecule has 6 nitrogen and oxygen atoms in total. The average Bonchev–Trinajstić information content (AvgIpc) is 2.42. The lowest BCUT2D eigenvalue weighted by Crippen LogP contribution is -2.31. The van der Waals surface area contributed by atoms with Crippen molar-refractivity contribution in [2.45, 2.75) is 6.29 Å². The molecule has 1 heterocycles. The molecule has 0 spiro atoms. The smallest absolute Gasteiger partial charge is 0.271 e. The fourth-order valence-corrected chi connectivity index (χ4v) is 1.26. The lowest BCUT2D eigenvalue weighted by molar-refractivity contribution is -0.384. The van der Waals surface area contributed by atoms with E-state index in [0.29, 0.717) is 5.69 Å². The molecule has 0 aliphatic carbocycles. The maximum atomic E-state index is 10.4. The molecule has 1 aliphatic heterocycles. The summed E-state index contributed by atoms with van der Waals surface area (Å²) in [6.45, 7) is 0. The third kappa shape index (κ3) is 1.27. The highest BCUT2D eigenvalue weighted by Crippen LogP contribution is 2.30. The van der Waals surface area contributed by atoms with Crippen molar-refractivity contribution in [1.29, 1.82) is 0 Å². The van der Waals surface area contributed by atoms with Gasteiger partial charge in [-0.05, 0) is 6.07 Å². The van der Waals surface area contributed by atoms with Crippen molar-refractivity contribution in [2.24, 2.45) is 5.73 Å². The Hall–Kier alpha value is -1.82. The Morgan fingerprint density at radius 1 is 1.38 bits per heavy atom. The third-order valence-electron chi connectivity index (χ3n) is 1.84. The molecule has 0 bridgehead atoms. The van der Waals surface area contributed by atoms with E-state index in [1.54, 1.807) is 6.07 Å². The summed E-state index contributed by atoms with van der Waals surface area (Å²) in [5.41, 5.74) is 7.03. The molecule has 0 fully saturated rings. The summed E-state index contributed by atoms with van der Waals surface area (Å²) >= 11 is 0. The summed E-state index contributed by atoms with van der Waals surface area (Å²) in [6, 6.07) is 4.52. The van der Waals surface area contributed by atoms with E-state index >= 15 is 0 Å². The van der Waals surface area contributed by atoms with Crippen molar-refractivity contribution >= 4 is 17.1 Å². The second kappa shape index (κ2) is 2.60. The Morgan fingerprint density at radius 3 is 2.77 bits per heavy atom. The first-order valence-electron chi connectivity index (χ1n) is 3.74. The van der Waals surface area contributed by atoms with E-state index in [0.717, 1.165) is 5.69 Å². The van der Waals surface area contributed by atoms with Crippen LogP contribution in [0, 0.1) is 10.1 Å². The Bertz CT molecular complexity index is 366. The summed E-state index contributed by atoms with van der Waals surface area (Å²) in [6.07, 6.45) is -0.364. The molecule has 1 aliphatic rings. The van der Waals surface area contributed by atoms with Crippen molar-refractivity contribution in [3.8, 4) is 0 Å². The molecule has 1 unspecified atom stereocenters. The number of hydrogen-bond donors (Lipinski definition) is 3. The molecule has 0 amide bonds. The van der Waals surface area contributed by atoms with E-state index < -0.39 is 4.92 Å². The van der Waals surface area contributed by atoms with E-state index in [9.17, 15) is 10.1 Å². The van der Waals surface area contributed by atoms with Crippen LogP contribution in [0.3, 0.4) is 0 Å². The van der Waals surface area contributed by atoms with Gasteiger partial charge < -0.3 is 10.6 Å². The quantitative estimate of drug-likeness (QED) is 0.436. The summed E-state index contributed by atoms with van der Waals surface area (Å²) in [4.78, 5) is 9.97. The minimum Gasteiger partial charge on any atom is -0.352 e. The summed E-state index contributed by atoms with van der Waals surface area (Å²) < 4.78 is 0. The molecular weight excluding hydrogens is 172 g/mol. The van der Waals surface area contributed by atoms with Crippen molar-refractivity contribution in [1.82, 2.24) is 0 Å². The largest absolute Gasteiger partial charge is 0.352 e. The number of nitrogens with one attached hydrogen (secondary N) is 2. The van der Waals surface area contributed by atoms with E-state index in [2.05, 4.69) is 10.6 Å². The van der Waals surface area contributed by atoms with Crippen LogP contribution in [0.5, 0.6) is 0 Å². The van der Waals surface area contributed by atoms with Crippen LogP contribution in [0.2, 0.25) is 0 Å². The van der Waals surface area contributed by atoms with E-state index in [-0.39, 0.29) is 12.0 Å². The number of rotatable bonds is 1. The number of hydrogen-bond acceptors (Lipinski definition) is 5. The number of benzene rings is 1. The summed E-state index contributed by atoms with van der Waals surface area (Å²) in [7, 11) is 0. The number of fused-ring (bicyclic) bond motifs is 1. The van der Waals surface area contributed by atoms with Gasteiger partial charge in [0, 0.05) is 12.1 Å². The molecule has 0 aromatic heterocycles. The van der Waals surface area contributed by atoms with E-state index in [1.165, 1.54) is 12.1 Å². The van der Waals surface area contributed by atoms with Crippen LogP contribution in [-0.4, -0.2) is 11.2 Å². The van der Waals surface area contributed by atoms with Gasteiger partial charge in [0.1, 0.15) is 0 Å². The molecule has 1 aromatic rings. The Kier molecular flexibility index (Phi) is 1.56. The number of anilines is 2. The predicted molar refractivity (Wildman–Crippen MR) is 48.3 cm³/mol. The highest BCUT2D eigenvalue weighted by Gasteiger charge is 2.18. The summed E-state index contributed by atoms with van der Waals surface area (Å²) in [5, 5.41) is 16.2. The molecule has 2 rings (SSSR count). The van der Waals surface area contributed by atoms with Gasteiger partial charge >= 0.3 is 0 Å². The van der Waals surface area contributed by atoms with Crippen LogP contribution in [0.1, 0.15) is 0 Å². The minimum atomic E-state index is -0.439. The van der Waals surface area contributed by atoms with Crippen molar-refractivity contribution in [2.75, 3.05) is 10.6 Å². The first-order chi connectivity index (χ1) is 6.16. The highest BCUT2D eigenvalue weighted by molar-refractivity contribution is 5.76. The third-order valence-corrected chi connectivity index (χ3v) is 1.84. The topological polar surface area (TPSA) is 93.2 Å². The van der Waals surface area contributed by atoms with Gasteiger partial charge in [0.2, 0.25) is 0 Å². The zero-order valence-electron chi connectivity index (χ0n) is 6.65. The maximum absolute atomic E-state index is 10.4. The molecule has 4 N–H and O–H groups in total. The number of non-ortho nitro benzene ring substituents is 1. The molecule has 0 saturated heterocycles. The van der Waals surface area contributed by atoms with Gasteiger partial charge in [-0.1, -0.05) is 0 Å². The van der Waals surface area contributed by atoms with Crippen LogP contribution in [0.25, 0.3) is 0 Å². The number of nitrogens with two attached hydrogens (primary N) is 1. The SMILES string of the molecule is NC1Nc2ccc([N+](=O)[O-])cc2N1. The van der Waals surface area contributed by atoms with E-state index in [1.807, 2.05) is 0 Å². The molecule has 1 atom stereocenters. The van der Waals surface area contributed by atoms with Crippen molar-refractivity contribution in [3.05, 3.63) is 28.3 Å². The number of nitro groups is 1. The van der Waals surface area contributed by atoms with Gasteiger partial charge in [0.15, 0.2) is 6.29 Å². The Balaban J connectivity index is 2.40. The lowest BCUT2D eigenvalue weighted by Gasteiger charge is -2.01. The van der Waals surface area contributed by atoms with Crippen molar-refractivity contribution in [3.63, 3.8) is 0 Å². The van der Waals surface area contributed by atoms with Crippen LogP contribution >= 0.6 is 0 Å². The normalized spacial score (nSPS) is 18.7. The molecule has 0 saturated carbocycles. The van der Waals surface area contributed by atoms with Gasteiger partial charge in [-0.2, -0.15) is 0 Å². The second-order valence-electron chi connectivity index (χ2n) is 2.75. The molecule has 0 radical (unpaired) electrons. The van der Waals surface area contributed by atoms with Crippen LogP contribution in [0.4, 0.5) is 17.1 Å². The zero-order chi connectivity index (χ0) is 9.42. The molecule has 13 heavy (non-hydrogen) atoms. The Morgan fingerprint density at radius 2 is 2.08 bits per heavy atom. The number of nitro benzene ring substituents is 1. The second-order valence-corrected chi connectivity index (χ2v) is 2.75. The van der Waals surface area contributed by atoms with Crippen molar-refractivity contribution < 1.29 is 4.92 Å². The highest BCUT2D eigenvalue weighted by atomic mass is 16.6. The molecule has 68 valence electrons. The standard InChI is InChI=1S/C7H8N4O2/c8-7-9-5-2-1-4(11(12)13)3-6(5)10-7/h1-3,7,9-10H,8H2. The number of nitrogens with zero attached hydrogens (tertiary/aromatic N) is 1. The van der Waals surface area contributed by atoms with Crippen LogP contribution in [-0.2, 0) is 0 Å². The monoisotopic (exact) mass is 180 g/mol. The minimum absolute atomic E-state index is 0.0575. The van der Waals surface area contributed by atoms with Gasteiger partial charge in [-0.15, -0.1) is 0 Å². The van der Waals surface area contributed by atoms with E-state index in [4.69, 9.17) is 5.73 Å². The van der Waals surface area contributed by atoms with Gasteiger partial charge in [0.05, 0.1) is 16.3 Å². The Labute approximate surface area is 73.9 Å². The maximum Gasteiger partial charge on any atom is 0.271 e. The first-order valence-corrected chi connectivity index (χ1v) is 3.74. The van der Waals surface area contributed by atoms with Crippen LogP contribution in [0.15, 0.2) is 18.2 Å². The predicted octanol–water partition coefficient (Wildman–Crippen LogP) is 0.674.